The Morgan fingerprint density at radius 1 is 1.36 bits per heavy atom. The van der Waals surface area contributed by atoms with Crippen LogP contribution in [0.4, 0.5) is 4.39 Å². The van der Waals surface area contributed by atoms with Crippen molar-refractivity contribution in [2.45, 2.75) is 12.5 Å². The number of nitrogens with zero attached hydrogens (tertiary/aromatic N) is 3. The fraction of sp³-hybridized carbons (Fsp3) is 0.375. The van der Waals surface area contributed by atoms with Crippen LogP contribution in [0.25, 0.3) is 0 Å². The van der Waals surface area contributed by atoms with Gasteiger partial charge in [-0.3, -0.25) is 4.79 Å². The minimum absolute atomic E-state index is 0.0639. The fourth-order valence-electron chi connectivity index (χ4n) is 2.17. The summed E-state index contributed by atoms with van der Waals surface area (Å²) in [6.07, 6.45) is 3.89. The largest absolute Gasteiger partial charge is 0.342 e. The first-order valence-corrected chi connectivity index (χ1v) is 7.14. The molecule has 1 amide bonds. The molecule has 0 saturated heterocycles. The zero-order chi connectivity index (χ0) is 16.1. The molecule has 0 bridgehead atoms. The number of carbonyl (C=O) groups excluding carboxylic acids is 1. The SMILES string of the molecule is CN(C)CCC(=O)NC(c1ccc(F)cc1)c1nccn1C. The maximum atomic E-state index is 13.1. The minimum atomic E-state index is -0.393. The van der Waals surface area contributed by atoms with E-state index in [2.05, 4.69) is 10.3 Å². The van der Waals surface area contributed by atoms with Crippen molar-refractivity contribution < 1.29 is 9.18 Å². The van der Waals surface area contributed by atoms with E-state index in [9.17, 15) is 9.18 Å². The summed E-state index contributed by atoms with van der Waals surface area (Å²) in [6.45, 7) is 0.669. The van der Waals surface area contributed by atoms with Crippen LogP contribution >= 0.6 is 0 Å². The van der Waals surface area contributed by atoms with E-state index in [0.717, 1.165) is 5.56 Å². The molecule has 0 spiro atoms. The molecule has 0 radical (unpaired) electrons. The number of nitrogens with one attached hydrogen (secondary N) is 1. The van der Waals surface area contributed by atoms with Gasteiger partial charge in [0, 0.05) is 32.4 Å². The summed E-state index contributed by atoms with van der Waals surface area (Å²) in [5.74, 6) is 0.345. The number of rotatable bonds is 6. The average Bonchev–Trinajstić information content (AvgIpc) is 2.90. The molecule has 1 atom stereocenters. The van der Waals surface area contributed by atoms with Gasteiger partial charge in [0.25, 0.3) is 0 Å². The van der Waals surface area contributed by atoms with Gasteiger partial charge in [-0.05, 0) is 31.8 Å². The second-order valence-electron chi connectivity index (χ2n) is 5.50. The average molecular weight is 304 g/mol. The number of halogens is 1. The Morgan fingerprint density at radius 3 is 2.59 bits per heavy atom. The van der Waals surface area contributed by atoms with Gasteiger partial charge >= 0.3 is 0 Å². The number of hydrogen-bond donors (Lipinski definition) is 1. The molecule has 6 heteroatoms. The van der Waals surface area contributed by atoms with E-state index in [0.29, 0.717) is 18.8 Å². The first-order valence-electron chi connectivity index (χ1n) is 7.14. The number of carbonyl (C=O) groups is 1. The molecule has 0 aliphatic heterocycles. The maximum absolute atomic E-state index is 13.1. The van der Waals surface area contributed by atoms with Crippen LogP contribution in [-0.2, 0) is 11.8 Å². The normalized spacial score (nSPS) is 12.4. The highest BCUT2D eigenvalue weighted by molar-refractivity contribution is 5.77. The number of benzene rings is 1. The monoisotopic (exact) mass is 304 g/mol. The van der Waals surface area contributed by atoms with Gasteiger partial charge in [0.1, 0.15) is 17.7 Å². The molecule has 1 aromatic heterocycles. The summed E-state index contributed by atoms with van der Waals surface area (Å²) >= 11 is 0. The quantitative estimate of drug-likeness (QED) is 0.884. The van der Waals surface area contributed by atoms with E-state index in [1.54, 1.807) is 18.3 Å². The summed E-state index contributed by atoms with van der Waals surface area (Å²) < 4.78 is 15.0. The number of aryl methyl sites for hydroxylation is 1. The molecule has 22 heavy (non-hydrogen) atoms. The molecule has 1 N–H and O–H groups in total. The molecule has 5 nitrogen and oxygen atoms in total. The summed E-state index contributed by atoms with van der Waals surface area (Å²) in [4.78, 5) is 18.4. The van der Waals surface area contributed by atoms with Crippen LogP contribution in [0.5, 0.6) is 0 Å². The second-order valence-corrected chi connectivity index (χ2v) is 5.50. The van der Waals surface area contributed by atoms with Crippen LogP contribution in [0.3, 0.4) is 0 Å². The minimum Gasteiger partial charge on any atom is -0.342 e. The lowest BCUT2D eigenvalue weighted by Gasteiger charge is -2.20. The topological polar surface area (TPSA) is 50.2 Å². The Balaban J connectivity index is 2.21. The smallest absolute Gasteiger partial charge is 0.222 e. The van der Waals surface area contributed by atoms with Crippen molar-refractivity contribution in [1.29, 1.82) is 0 Å². The predicted molar refractivity (Wildman–Crippen MR) is 82.8 cm³/mol. The van der Waals surface area contributed by atoms with Gasteiger partial charge in [-0.25, -0.2) is 9.37 Å². The van der Waals surface area contributed by atoms with Gasteiger partial charge in [-0.15, -0.1) is 0 Å². The van der Waals surface area contributed by atoms with E-state index in [1.807, 2.05) is 36.8 Å². The second kappa shape index (κ2) is 7.17. The van der Waals surface area contributed by atoms with Gasteiger partial charge in [0.15, 0.2) is 0 Å². The molecular formula is C16H21FN4O. The molecule has 2 aromatic rings. The molecule has 0 saturated carbocycles. The first kappa shape index (κ1) is 16.2. The van der Waals surface area contributed by atoms with E-state index in [-0.39, 0.29) is 11.7 Å². The zero-order valence-corrected chi connectivity index (χ0v) is 13.1. The maximum Gasteiger partial charge on any atom is 0.222 e. The standard InChI is InChI=1S/C16H21FN4O/c1-20(2)10-8-14(22)19-15(16-18-9-11-21(16)3)12-4-6-13(17)7-5-12/h4-7,9,11,15H,8,10H2,1-3H3,(H,19,22). The van der Waals surface area contributed by atoms with Crippen LogP contribution < -0.4 is 5.32 Å². The van der Waals surface area contributed by atoms with Crippen LogP contribution in [0.2, 0.25) is 0 Å². The third-order valence-electron chi connectivity index (χ3n) is 3.41. The van der Waals surface area contributed by atoms with Crippen molar-refractivity contribution in [1.82, 2.24) is 19.8 Å². The predicted octanol–water partition coefficient (Wildman–Crippen LogP) is 1.72. The highest BCUT2D eigenvalue weighted by Gasteiger charge is 2.20. The third kappa shape index (κ3) is 4.14. The molecule has 1 unspecified atom stereocenters. The Bertz CT molecular complexity index is 621. The Labute approximate surface area is 129 Å². The van der Waals surface area contributed by atoms with Crippen LogP contribution in [0.1, 0.15) is 23.9 Å². The van der Waals surface area contributed by atoms with Crippen LogP contribution in [-0.4, -0.2) is 41.0 Å². The molecule has 118 valence electrons. The highest BCUT2D eigenvalue weighted by atomic mass is 19.1. The van der Waals surface area contributed by atoms with Crippen molar-refractivity contribution in [2.24, 2.45) is 7.05 Å². The summed E-state index contributed by atoms with van der Waals surface area (Å²) in [5.41, 5.74) is 0.800. The molecule has 0 aliphatic carbocycles. The Kier molecular flexibility index (Phi) is 5.27. The summed E-state index contributed by atoms with van der Waals surface area (Å²) in [7, 11) is 5.71. The fourth-order valence-corrected chi connectivity index (χ4v) is 2.17. The van der Waals surface area contributed by atoms with Crippen molar-refractivity contribution in [3.63, 3.8) is 0 Å². The molecular weight excluding hydrogens is 283 g/mol. The van der Waals surface area contributed by atoms with E-state index in [1.165, 1.54) is 12.1 Å². The van der Waals surface area contributed by atoms with Gasteiger partial charge in [0.2, 0.25) is 5.91 Å². The van der Waals surface area contributed by atoms with E-state index in [4.69, 9.17) is 0 Å². The molecule has 2 rings (SSSR count). The molecule has 0 aliphatic rings. The van der Waals surface area contributed by atoms with Crippen molar-refractivity contribution in [2.75, 3.05) is 20.6 Å². The van der Waals surface area contributed by atoms with Crippen molar-refractivity contribution in [3.8, 4) is 0 Å². The molecule has 0 fully saturated rings. The lowest BCUT2D eigenvalue weighted by Crippen LogP contribution is -2.33. The Hall–Kier alpha value is -2.21. The van der Waals surface area contributed by atoms with Crippen molar-refractivity contribution >= 4 is 5.91 Å². The number of amides is 1. The lowest BCUT2D eigenvalue weighted by atomic mass is 10.1. The zero-order valence-electron chi connectivity index (χ0n) is 13.1. The molecule has 1 heterocycles. The summed E-state index contributed by atoms with van der Waals surface area (Å²) in [6, 6.07) is 5.71. The summed E-state index contributed by atoms with van der Waals surface area (Å²) in [5, 5.41) is 2.98. The number of imidazole rings is 1. The third-order valence-corrected chi connectivity index (χ3v) is 3.41. The van der Waals surface area contributed by atoms with Crippen LogP contribution in [0.15, 0.2) is 36.7 Å². The van der Waals surface area contributed by atoms with Gasteiger partial charge in [0.05, 0.1) is 0 Å². The van der Waals surface area contributed by atoms with Gasteiger partial charge in [-0.1, -0.05) is 12.1 Å². The Morgan fingerprint density at radius 2 is 2.05 bits per heavy atom. The number of aromatic nitrogens is 2. The van der Waals surface area contributed by atoms with E-state index >= 15 is 0 Å². The van der Waals surface area contributed by atoms with Crippen molar-refractivity contribution in [3.05, 3.63) is 53.9 Å². The number of hydrogen-bond acceptors (Lipinski definition) is 3. The van der Waals surface area contributed by atoms with Crippen LogP contribution in [0, 0.1) is 5.82 Å². The highest BCUT2D eigenvalue weighted by Crippen LogP contribution is 2.20. The molecule has 1 aromatic carbocycles. The lowest BCUT2D eigenvalue weighted by molar-refractivity contribution is -0.121. The van der Waals surface area contributed by atoms with E-state index < -0.39 is 6.04 Å². The first-order chi connectivity index (χ1) is 10.5. The van der Waals surface area contributed by atoms with Gasteiger partial charge in [-0.2, -0.15) is 0 Å². The van der Waals surface area contributed by atoms with Gasteiger partial charge < -0.3 is 14.8 Å².